The number of carbonyl (C=O) groups excluding carboxylic acids is 1. The molecule has 0 fully saturated rings. The molecule has 3 aromatic rings. The van der Waals surface area contributed by atoms with E-state index in [4.69, 9.17) is 14.2 Å². The molecule has 0 unspecified atom stereocenters. The number of carbonyl (C=O) groups is 1. The molecule has 128 valence electrons. The lowest BCUT2D eigenvalue weighted by atomic mass is 10.0. The Bertz CT molecular complexity index is 893. The molecule has 5 nitrogen and oxygen atoms in total. The molecule has 0 spiro atoms. The van der Waals surface area contributed by atoms with Gasteiger partial charge in [-0.05, 0) is 54.3 Å². The van der Waals surface area contributed by atoms with Crippen molar-refractivity contribution in [1.29, 1.82) is 0 Å². The summed E-state index contributed by atoms with van der Waals surface area (Å²) in [6.45, 7) is 1.83. The van der Waals surface area contributed by atoms with Crippen LogP contribution in [-0.4, -0.2) is 25.2 Å². The first-order chi connectivity index (χ1) is 12.1. The van der Waals surface area contributed by atoms with Gasteiger partial charge in [-0.3, -0.25) is 4.98 Å². The molecule has 0 saturated carbocycles. The van der Waals surface area contributed by atoms with Crippen LogP contribution in [0.25, 0.3) is 10.8 Å². The van der Waals surface area contributed by atoms with Crippen molar-refractivity contribution in [3.8, 4) is 11.5 Å². The molecule has 0 radical (unpaired) electrons. The Morgan fingerprint density at radius 3 is 2.44 bits per heavy atom. The Balaban J connectivity index is 1.93. The molecule has 1 heterocycles. The quantitative estimate of drug-likeness (QED) is 0.654. The average molecular weight is 337 g/mol. The number of hydrogen-bond acceptors (Lipinski definition) is 5. The summed E-state index contributed by atoms with van der Waals surface area (Å²) in [7, 11) is 3.16. The van der Waals surface area contributed by atoms with Crippen LogP contribution >= 0.6 is 0 Å². The fourth-order valence-electron chi connectivity index (χ4n) is 2.71. The van der Waals surface area contributed by atoms with E-state index in [2.05, 4.69) is 4.98 Å². The lowest BCUT2D eigenvalue weighted by molar-refractivity contribution is 0.0334. The maximum Gasteiger partial charge on any atom is 0.342 e. The molecule has 0 amide bonds. The number of aromatic nitrogens is 1. The predicted octanol–water partition coefficient (Wildman–Crippen LogP) is 4.17. The molecule has 1 atom stereocenters. The molecule has 0 aliphatic heterocycles. The maximum absolute atomic E-state index is 12.6. The van der Waals surface area contributed by atoms with E-state index >= 15 is 0 Å². The summed E-state index contributed by atoms with van der Waals surface area (Å²) in [5.41, 5.74) is 1.27. The average Bonchev–Trinajstić information content (AvgIpc) is 2.66. The Morgan fingerprint density at radius 1 is 1.00 bits per heavy atom. The minimum Gasteiger partial charge on any atom is -0.497 e. The van der Waals surface area contributed by atoms with Crippen LogP contribution in [-0.2, 0) is 4.74 Å². The zero-order valence-electron chi connectivity index (χ0n) is 14.4. The highest BCUT2D eigenvalue weighted by atomic mass is 16.5. The van der Waals surface area contributed by atoms with Gasteiger partial charge in [0.2, 0.25) is 0 Å². The number of fused-ring (bicyclic) bond motifs is 1. The van der Waals surface area contributed by atoms with Gasteiger partial charge in [-0.25, -0.2) is 4.79 Å². The van der Waals surface area contributed by atoms with Crippen molar-refractivity contribution < 1.29 is 19.0 Å². The van der Waals surface area contributed by atoms with E-state index in [0.29, 0.717) is 11.3 Å². The van der Waals surface area contributed by atoms with Gasteiger partial charge in [-0.15, -0.1) is 0 Å². The van der Waals surface area contributed by atoms with Crippen molar-refractivity contribution in [1.82, 2.24) is 4.98 Å². The van der Waals surface area contributed by atoms with Gasteiger partial charge in [0.1, 0.15) is 23.2 Å². The van der Waals surface area contributed by atoms with Crippen LogP contribution in [0.2, 0.25) is 0 Å². The van der Waals surface area contributed by atoms with E-state index in [1.165, 1.54) is 0 Å². The fraction of sp³-hybridized carbons (Fsp3) is 0.200. The summed E-state index contributed by atoms with van der Waals surface area (Å²) in [6.07, 6.45) is 2.96. The summed E-state index contributed by atoms with van der Waals surface area (Å²) in [5, 5.41) is 1.75. The number of ether oxygens (including phenoxy) is 3. The Labute approximate surface area is 146 Å². The Morgan fingerprint density at radius 2 is 1.76 bits per heavy atom. The van der Waals surface area contributed by atoms with Gasteiger partial charge in [0, 0.05) is 17.8 Å². The molecule has 25 heavy (non-hydrogen) atoms. The van der Waals surface area contributed by atoms with Crippen LogP contribution in [0, 0.1) is 0 Å². The molecule has 1 aromatic heterocycles. The summed E-state index contributed by atoms with van der Waals surface area (Å²) in [4.78, 5) is 16.6. The lowest BCUT2D eigenvalue weighted by Crippen LogP contribution is -2.10. The van der Waals surface area contributed by atoms with Gasteiger partial charge >= 0.3 is 5.97 Å². The van der Waals surface area contributed by atoms with Gasteiger partial charge in [0.15, 0.2) is 0 Å². The normalized spacial score (nSPS) is 11.8. The van der Waals surface area contributed by atoms with Gasteiger partial charge in [-0.2, -0.15) is 0 Å². The summed E-state index contributed by atoms with van der Waals surface area (Å²) < 4.78 is 16.3. The molecular formula is C20H19NO4. The number of methoxy groups -OCH3 is 2. The molecule has 0 aliphatic carbocycles. The number of hydrogen-bond donors (Lipinski definition) is 0. The molecule has 0 aliphatic rings. The van der Waals surface area contributed by atoms with Crippen molar-refractivity contribution in [2.24, 2.45) is 0 Å². The zero-order chi connectivity index (χ0) is 17.8. The van der Waals surface area contributed by atoms with Crippen molar-refractivity contribution >= 4 is 16.7 Å². The van der Waals surface area contributed by atoms with Crippen LogP contribution in [0.1, 0.15) is 28.9 Å². The second kappa shape index (κ2) is 7.21. The highest BCUT2D eigenvalue weighted by Gasteiger charge is 2.19. The van der Waals surface area contributed by atoms with E-state index in [0.717, 1.165) is 22.1 Å². The second-order valence-corrected chi connectivity index (χ2v) is 5.56. The molecule has 0 N–H and O–H groups in total. The van der Waals surface area contributed by atoms with Crippen LogP contribution in [0.4, 0.5) is 0 Å². The topological polar surface area (TPSA) is 57.7 Å². The van der Waals surface area contributed by atoms with Crippen molar-refractivity contribution in [2.75, 3.05) is 14.2 Å². The molecule has 3 rings (SSSR count). The third kappa shape index (κ3) is 3.40. The molecule has 2 aromatic carbocycles. The van der Waals surface area contributed by atoms with Gasteiger partial charge in [0.25, 0.3) is 0 Å². The second-order valence-electron chi connectivity index (χ2n) is 5.56. The first-order valence-corrected chi connectivity index (χ1v) is 7.89. The number of pyridine rings is 1. The van der Waals surface area contributed by atoms with E-state index in [1.54, 1.807) is 32.7 Å². The highest BCUT2D eigenvalue weighted by Crippen LogP contribution is 2.33. The zero-order valence-corrected chi connectivity index (χ0v) is 14.4. The summed E-state index contributed by atoms with van der Waals surface area (Å²) in [5.74, 6) is 0.808. The Kier molecular flexibility index (Phi) is 4.84. The largest absolute Gasteiger partial charge is 0.497 e. The highest BCUT2D eigenvalue weighted by molar-refractivity contribution is 6.01. The van der Waals surface area contributed by atoms with Gasteiger partial charge in [-0.1, -0.05) is 6.07 Å². The lowest BCUT2D eigenvalue weighted by Gasteiger charge is -2.16. The van der Waals surface area contributed by atoms with Crippen LogP contribution in [0.5, 0.6) is 11.5 Å². The maximum atomic E-state index is 12.6. The van der Waals surface area contributed by atoms with Crippen LogP contribution < -0.4 is 9.47 Å². The molecule has 0 saturated heterocycles. The van der Waals surface area contributed by atoms with E-state index in [9.17, 15) is 4.79 Å². The van der Waals surface area contributed by atoms with Crippen molar-refractivity contribution in [3.05, 3.63) is 66.0 Å². The van der Waals surface area contributed by atoms with Crippen LogP contribution in [0.15, 0.2) is 54.9 Å². The minimum atomic E-state index is -0.432. The van der Waals surface area contributed by atoms with Crippen LogP contribution in [0.3, 0.4) is 0 Å². The van der Waals surface area contributed by atoms with Crippen molar-refractivity contribution in [2.45, 2.75) is 13.0 Å². The van der Waals surface area contributed by atoms with E-state index in [1.807, 2.05) is 43.3 Å². The smallest absolute Gasteiger partial charge is 0.342 e. The number of nitrogens with zero attached hydrogens (tertiary/aromatic N) is 1. The Hall–Kier alpha value is -3.08. The minimum absolute atomic E-state index is 0.383. The first-order valence-electron chi connectivity index (χ1n) is 7.89. The van der Waals surface area contributed by atoms with E-state index < -0.39 is 5.97 Å². The monoisotopic (exact) mass is 337 g/mol. The fourth-order valence-corrected chi connectivity index (χ4v) is 2.71. The summed E-state index contributed by atoms with van der Waals surface area (Å²) in [6, 6.07) is 12.8. The van der Waals surface area contributed by atoms with Gasteiger partial charge in [0.05, 0.1) is 14.2 Å². The number of benzene rings is 2. The van der Waals surface area contributed by atoms with Gasteiger partial charge < -0.3 is 14.2 Å². The third-order valence-corrected chi connectivity index (χ3v) is 4.06. The molecular weight excluding hydrogens is 318 g/mol. The number of rotatable bonds is 5. The third-order valence-electron chi connectivity index (χ3n) is 4.06. The predicted molar refractivity (Wildman–Crippen MR) is 95.1 cm³/mol. The van der Waals surface area contributed by atoms with E-state index in [-0.39, 0.29) is 6.10 Å². The first kappa shape index (κ1) is 16.8. The SMILES string of the molecule is COc1ccc2c(OC)c(C(=O)O[C@H](C)c3ccncc3)ccc2c1. The van der Waals surface area contributed by atoms with Crippen molar-refractivity contribution in [3.63, 3.8) is 0 Å². The summed E-state index contributed by atoms with van der Waals surface area (Å²) >= 11 is 0. The molecule has 5 heteroatoms. The number of esters is 1. The standard InChI is InChI=1S/C20H19NO4/c1-13(14-8-10-21-11-9-14)25-20(22)18-6-4-15-12-16(23-2)5-7-17(15)19(18)24-3/h4-13H,1-3H3/t13-/m1/s1. The molecule has 0 bridgehead atoms.